The fraction of sp³-hybridized carbons (Fsp3) is 0.273. The van der Waals surface area contributed by atoms with Crippen molar-refractivity contribution in [2.24, 2.45) is 0 Å². The monoisotopic (exact) mass is 200 g/mol. The van der Waals surface area contributed by atoms with E-state index in [2.05, 4.69) is 32.9 Å². The van der Waals surface area contributed by atoms with Crippen molar-refractivity contribution < 1.29 is 21.7 Å². The van der Waals surface area contributed by atoms with Gasteiger partial charge < -0.3 is 22.3 Å². The van der Waals surface area contributed by atoms with Crippen LogP contribution in [0.4, 0.5) is 0 Å². The zero-order valence-corrected chi connectivity index (χ0v) is 10.7. The van der Waals surface area contributed by atoms with Crippen LogP contribution >= 0.6 is 0 Å². The van der Waals surface area contributed by atoms with Crippen molar-refractivity contribution >= 4 is 0 Å². The molecule has 1 heteroatoms. The van der Waals surface area contributed by atoms with Gasteiger partial charge in [0.15, 0.2) is 0 Å². The van der Waals surface area contributed by atoms with Gasteiger partial charge in [-0.3, -0.25) is 0 Å². The van der Waals surface area contributed by atoms with E-state index in [1.54, 1.807) is 0 Å². The topological polar surface area (TPSA) is 0 Å². The van der Waals surface area contributed by atoms with Gasteiger partial charge in [0, 0.05) is 0 Å². The molecule has 0 aliphatic heterocycles. The molecule has 0 aliphatic rings. The predicted octanol–water partition coefficient (Wildman–Crippen LogP) is 3.68. The van der Waals surface area contributed by atoms with Gasteiger partial charge >= 0.3 is 21.7 Å². The van der Waals surface area contributed by atoms with E-state index in [0.29, 0.717) is 0 Å². The summed E-state index contributed by atoms with van der Waals surface area (Å²) in [6.45, 7) is 6.41. The molecule has 1 aromatic carbocycles. The van der Waals surface area contributed by atoms with Crippen LogP contribution in [0.15, 0.2) is 12.1 Å². The van der Waals surface area contributed by atoms with Crippen molar-refractivity contribution in [2.45, 2.75) is 20.8 Å². The molecule has 0 aliphatic carbocycles. The van der Waals surface area contributed by atoms with Crippen LogP contribution in [-0.4, -0.2) is 0 Å². The Morgan fingerprint density at radius 3 is 1.58 bits per heavy atom. The summed E-state index contributed by atoms with van der Waals surface area (Å²) in [5.74, 6) is 0. The Bertz CT molecular complexity index is 167. The standard InChI is InChI=1S/C8H11.3CH3.Ti/c1-6-4-7(2)8(3)5-6;;;;/h4-5H,1-3H3;3*1H3;/q4*-1;+4. The summed E-state index contributed by atoms with van der Waals surface area (Å²) < 4.78 is 0. The second kappa shape index (κ2) is 9.15. The normalized spacial score (nSPS) is 6.58. The molecule has 0 nitrogen and oxygen atoms in total. The van der Waals surface area contributed by atoms with Gasteiger partial charge in [-0.25, -0.2) is 11.6 Å². The van der Waals surface area contributed by atoms with Crippen molar-refractivity contribution in [3.05, 3.63) is 51.1 Å². The summed E-state index contributed by atoms with van der Waals surface area (Å²) in [6, 6.07) is 4.41. The summed E-state index contributed by atoms with van der Waals surface area (Å²) in [5.41, 5.74) is 4.19. The molecule has 12 heavy (non-hydrogen) atoms. The maximum atomic E-state index is 2.20. The van der Waals surface area contributed by atoms with E-state index in [1.807, 2.05) is 0 Å². The summed E-state index contributed by atoms with van der Waals surface area (Å²) >= 11 is 0. The van der Waals surface area contributed by atoms with Gasteiger partial charge in [0.1, 0.15) is 0 Å². The Kier molecular flexibility index (Phi) is 17.3. The molecule has 0 spiro atoms. The van der Waals surface area contributed by atoms with Gasteiger partial charge in [0.2, 0.25) is 0 Å². The van der Waals surface area contributed by atoms with Gasteiger partial charge in [-0.1, -0.05) is 20.8 Å². The molecule has 0 unspecified atom stereocenters. The first-order valence-electron chi connectivity index (χ1n) is 2.90. The van der Waals surface area contributed by atoms with Crippen LogP contribution in [-0.2, 0) is 21.7 Å². The number of hydrogen-bond acceptors (Lipinski definition) is 0. The third-order valence-corrected chi connectivity index (χ3v) is 1.51. The molecule has 68 valence electrons. The van der Waals surface area contributed by atoms with Crippen LogP contribution in [0.25, 0.3) is 0 Å². The summed E-state index contributed by atoms with van der Waals surface area (Å²) in [5, 5.41) is 0. The Morgan fingerprint density at radius 1 is 1.08 bits per heavy atom. The molecule has 0 amide bonds. The molecule has 0 radical (unpaired) electrons. The van der Waals surface area contributed by atoms with E-state index in [0.717, 1.165) is 0 Å². The first-order chi connectivity index (χ1) is 3.70. The summed E-state index contributed by atoms with van der Waals surface area (Å²) in [7, 11) is 0. The molecule has 1 aromatic rings. The van der Waals surface area contributed by atoms with Gasteiger partial charge in [-0.15, -0.1) is 0 Å². The molecule has 0 saturated carbocycles. The Balaban J connectivity index is -0.0000000800. The fourth-order valence-corrected chi connectivity index (χ4v) is 0.952. The second-order valence-electron chi connectivity index (χ2n) is 2.40. The van der Waals surface area contributed by atoms with E-state index < -0.39 is 0 Å². The van der Waals surface area contributed by atoms with Gasteiger partial charge in [-0.2, -0.15) is 17.2 Å². The molecule has 0 saturated heterocycles. The molecule has 0 fully saturated rings. The first-order valence-corrected chi connectivity index (χ1v) is 2.90. The summed E-state index contributed by atoms with van der Waals surface area (Å²) in [6.07, 6.45) is 0. The quantitative estimate of drug-likeness (QED) is 0.442. The van der Waals surface area contributed by atoms with E-state index >= 15 is 0 Å². The maximum absolute atomic E-state index is 2.20. The minimum Gasteiger partial charge on any atom is -0.358 e. The van der Waals surface area contributed by atoms with Crippen molar-refractivity contribution in [3.8, 4) is 0 Å². The second-order valence-corrected chi connectivity index (χ2v) is 2.40. The fourth-order valence-electron chi connectivity index (χ4n) is 0.952. The van der Waals surface area contributed by atoms with E-state index in [4.69, 9.17) is 0 Å². The van der Waals surface area contributed by atoms with Crippen LogP contribution in [0.2, 0.25) is 0 Å². The van der Waals surface area contributed by atoms with Crippen LogP contribution in [0.5, 0.6) is 0 Å². The van der Waals surface area contributed by atoms with Crippen molar-refractivity contribution in [1.29, 1.82) is 0 Å². The molecule has 0 aromatic heterocycles. The Hall–Kier alpha value is 0.0643. The molecule has 0 heterocycles. The average Bonchev–Trinajstić information content (AvgIpc) is 1.85. The number of aryl methyl sites for hydroxylation is 3. The maximum Gasteiger partial charge on any atom is 4.00 e. The molecule has 0 atom stereocenters. The zero-order chi connectivity index (χ0) is 6.15. The van der Waals surface area contributed by atoms with Crippen molar-refractivity contribution in [2.75, 3.05) is 0 Å². The largest absolute Gasteiger partial charge is 4.00 e. The van der Waals surface area contributed by atoms with Crippen LogP contribution in [0.1, 0.15) is 16.7 Å². The van der Waals surface area contributed by atoms with Crippen LogP contribution in [0.3, 0.4) is 0 Å². The molecular weight excluding hydrogens is 180 g/mol. The minimum atomic E-state index is 0. The van der Waals surface area contributed by atoms with E-state index in [9.17, 15) is 0 Å². The molecule has 0 bridgehead atoms. The van der Waals surface area contributed by atoms with E-state index in [-0.39, 0.29) is 44.0 Å². The Morgan fingerprint density at radius 2 is 1.50 bits per heavy atom. The minimum absolute atomic E-state index is 0. The molecular formula is C11H20Ti. The third kappa shape index (κ3) is 5.68. The van der Waals surface area contributed by atoms with Crippen molar-refractivity contribution in [3.63, 3.8) is 0 Å². The van der Waals surface area contributed by atoms with Gasteiger partial charge in [-0.05, 0) is 0 Å². The SMILES string of the molecule is Cc1cc(C)[c-](C)c1.[CH3-].[CH3-].[CH3-].[Ti+4]. The Labute approximate surface area is 93.6 Å². The van der Waals surface area contributed by atoms with Gasteiger partial charge in [0.05, 0.1) is 0 Å². The first kappa shape index (κ1) is 22.7. The van der Waals surface area contributed by atoms with Crippen LogP contribution < -0.4 is 0 Å². The molecule has 0 N–H and O–H groups in total. The number of hydrogen-bond donors (Lipinski definition) is 0. The zero-order valence-electron chi connectivity index (χ0n) is 9.15. The average molecular weight is 200 g/mol. The van der Waals surface area contributed by atoms with Crippen LogP contribution in [0, 0.1) is 43.1 Å². The predicted molar refractivity (Wildman–Crippen MR) is 55.5 cm³/mol. The van der Waals surface area contributed by atoms with Gasteiger partial charge in [0.25, 0.3) is 0 Å². The summed E-state index contributed by atoms with van der Waals surface area (Å²) in [4.78, 5) is 0. The van der Waals surface area contributed by atoms with E-state index in [1.165, 1.54) is 16.7 Å². The van der Waals surface area contributed by atoms with Crippen molar-refractivity contribution in [1.82, 2.24) is 0 Å². The smallest absolute Gasteiger partial charge is 0.358 e. The third-order valence-electron chi connectivity index (χ3n) is 1.51. The number of rotatable bonds is 0. The molecule has 1 rings (SSSR count).